The molecule has 2 aliphatic carbocycles. The zero-order valence-electron chi connectivity index (χ0n) is 11.8. The van der Waals surface area contributed by atoms with Gasteiger partial charge in [-0.3, -0.25) is 0 Å². The van der Waals surface area contributed by atoms with E-state index in [0.717, 1.165) is 6.61 Å². The van der Waals surface area contributed by atoms with E-state index in [4.69, 9.17) is 4.74 Å². The molecule has 1 spiro atoms. The van der Waals surface area contributed by atoms with Crippen LogP contribution in [0.15, 0.2) is 11.6 Å². The minimum atomic E-state index is -0.00197. The molecule has 0 bridgehead atoms. The summed E-state index contributed by atoms with van der Waals surface area (Å²) in [6.07, 6.45) is 13.7. The number of allylic oxidation sites excluding steroid dienone is 1. The Hall–Kier alpha value is -0.300. The van der Waals surface area contributed by atoms with Crippen LogP contribution in [-0.4, -0.2) is 12.2 Å². The molecular formula is C16H28O. The van der Waals surface area contributed by atoms with Gasteiger partial charge in [-0.1, -0.05) is 25.3 Å². The molecule has 0 aromatic carbocycles. The van der Waals surface area contributed by atoms with Crippen LogP contribution in [0.4, 0.5) is 0 Å². The largest absolute Gasteiger partial charge is 0.372 e. The van der Waals surface area contributed by atoms with E-state index in [1.165, 1.54) is 51.4 Å². The van der Waals surface area contributed by atoms with Gasteiger partial charge in [0.05, 0.1) is 12.2 Å². The first-order valence-corrected chi connectivity index (χ1v) is 7.31. The molecule has 0 heterocycles. The van der Waals surface area contributed by atoms with Crippen molar-refractivity contribution in [2.24, 2.45) is 5.41 Å². The van der Waals surface area contributed by atoms with Crippen molar-refractivity contribution in [3.63, 3.8) is 0 Å². The van der Waals surface area contributed by atoms with E-state index < -0.39 is 0 Å². The lowest BCUT2D eigenvalue weighted by Crippen LogP contribution is -2.29. The average Bonchev–Trinajstić information content (AvgIpc) is 2.27. The van der Waals surface area contributed by atoms with Crippen LogP contribution in [0, 0.1) is 5.41 Å². The first-order chi connectivity index (χ1) is 7.99. The summed E-state index contributed by atoms with van der Waals surface area (Å²) >= 11 is 0. The fourth-order valence-corrected chi connectivity index (χ4v) is 3.37. The first kappa shape index (κ1) is 13.1. The zero-order chi connectivity index (χ0) is 12.4. The Kier molecular flexibility index (Phi) is 3.97. The molecule has 17 heavy (non-hydrogen) atoms. The predicted octanol–water partition coefficient (Wildman–Crippen LogP) is 4.86. The van der Waals surface area contributed by atoms with E-state index in [9.17, 15) is 0 Å². The Morgan fingerprint density at radius 1 is 1.12 bits per heavy atom. The lowest BCUT2D eigenvalue weighted by atomic mass is 9.65. The molecule has 1 nitrogen and oxygen atoms in total. The average molecular weight is 236 g/mol. The lowest BCUT2D eigenvalue weighted by molar-refractivity contribution is 0.00587. The van der Waals surface area contributed by atoms with Gasteiger partial charge >= 0.3 is 0 Å². The summed E-state index contributed by atoms with van der Waals surface area (Å²) in [5, 5.41) is 0. The van der Waals surface area contributed by atoms with Crippen molar-refractivity contribution in [3.8, 4) is 0 Å². The molecule has 2 rings (SSSR count). The van der Waals surface area contributed by atoms with Gasteiger partial charge in [-0.25, -0.2) is 0 Å². The topological polar surface area (TPSA) is 9.23 Å². The van der Waals surface area contributed by atoms with Crippen LogP contribution in [0.5, 0.6) is 0 Å². The first-order valence-electron chi connectivity index (χ1n) is 7.31. The monoisotopic (exact) mass is 236 g/mol. The van der Waals surface area contributed by atoms with E-state index >= 15 is 0 Å². The predicted molar refractivity (Wildman–Crippen MR) is 73.2 cm³/mol. The highest BCUT2D eigenvalue weighted by Gasteiger charge is 2.34. The third-order valence-corrected chi connectivity index (χ3v) is 4.31. The molecule has 0 unspecified atom stereocenters. The highest BCUT2D eigenvalue weighted by molar-refractivity contribution is 5.12. The van der Waals surface area contributed by atoms with Gasteiger partial charge in [0.25, 0.3) is 0 Å². The van der Waals surface area contributed by atoms with Crippen molar-refractivity contribution in [2.75, 3.05) is 6.61 Å². The smallest absolute Gasteiger partial charge is 0.0684 e. The molecule has 2 aliphatic rings. The molecule has 0 aromatic rings. The van der Waals surface area contributed by atoms with Crippen LogP contribution < -0.4 is 0 Å². The van der Waals surface area contributed by atoms with Crippen LogP contribution >= 0.6 is 0 Å². The maximum Gasteiger partial charge on any atom is 0.0684 e. The van der Waals surface area contributed by atoms with Crippen molar-refractivity contribution in [1.82, 2.24) is 0 Å². The van der Waals surface area contributed by atoms with Gasteiger partial charge in [-0.05, 0) is 63.9 Å². The minimum absolute atomic E-state index is 0.00197. The summed E-state index contributed by atoms with van der Waals surface area (Å²) in [6.45, 7) is 7.29. The second kappa shape index (κ2) is 5.14. The van der Waals surface area contributed by atoms with Crippen molar-refractivity contribution in [2.45, 2.75) is 77.7 Å². The molecule has 1 fully saturated rings. The van der Waals surface area contributed by atoms with Gasteiger partial charge in [0.2, 0.25) is 0 Å². The van der Waals surface area contributed by atoms with Crippen molar-refractivity contribution < 1.29 is 4.74 Å². The van der Waals surface area contributed by atoms with E-state index in [1.807, 2.05) is 0 Å². The molecule has 0 saturated heterocycles. The SMILES string of the molecule is CC(C)(C)OCC1=CCCC2(CCCCC2)C1. The van der Waals surface area contributed by atoms with Gasteiger partial charge in [0.1, 0.15) is 0 Å². The molecule has 0 N–H and O–H groups in total. The van der Waals surface area contributed by atoms with Crippen molar-refractivity contribution >= 4 is 0 Å². The summed E-state index contributed by atoms with van der Waals surface area (Å²) < 4.78 is 5.93. The standard InChI is InChI=1S/C16H28O/c1-15(2,3)17-13-14-8-7-11-16(12-14)9-5-4-6-10-16/h8H,4-7,9-13H2,1-3H3. The quantitative estimate of drug-likeness (QED) is 0.622. The Morgan fingerprint density at radius 2 is 1.82 bits per heavy atom. The Bertz CT molecular complexity index is 276. The maximum atomic E-state index is 5.93. The van der Waals surface area contributed by atoms with E-state index in [1.54, 1.807) is 5.57 Å². The summed E-state index contributed by atoms with van der Waals surface area (Å²) in [7, 11) is 0. The van der Waals surface area contributed by atoms with Crippen LogP contribution in [0.25, 0.3) is 0 Å². The Balaban J connectivity index is 1.89. The van der Waals surface area contributed by atoms with Crippen LogP contribution in [0.3, 0.4) is 0 Å². The number of hydrogen-bond donors (Lipinski definition) is 0. The van der Waals surface area contributed by atoms with Gasteiger partial charge in [-0.15, -0.1) is 0 Å². The van der Waals surface area contributed by atoms with Crippen LogP contribution in [0.2, 0.25) is 0 Å². The lowest BCUT2D eigenvalue weighted by Gasteiger charge is -2.41. The normalized spacial score (nSPS) is 24.8. The fraction of sp³-hybridized carbons (Fsp3) is 0.875. The van der Waals surface area contributed by atoms with Crippen LogP contribution in [-0.2, 0) is 4.74 Å². The maximum absolute atomic E-state index is 5.93. The second-order valence-electron chi connectivity index (χ2n) is 7.04. The highest BCUT2D eigenvalue weighted by Crippen LogP contribution is 2.47. The molecule has 98 valence electrons. The third-order valence-electron chi connectivity index (χ3n) is 4.31. The summed E-state index contributed by atoms with van der Waals surface area (Å²) in [5.41, 5.74) is 2.22. The van der Waals surface area contributed by atoms with E-state index in [-0.39, 0.29) is 5.60 Å². The highest BCUT2D eigenvalue weighted by atomic mass is 16.5. The molecule has 0 atom stereocenters. The Morgan fingerprint density at radius 3 is 2.47 bits per heavy atom. The molecule has 0 amide bonds. The van der Waals surface area contributed by atoms with Crippen LogP contribution in [0.1, 0.15) is 72.1 Å². The van der Waals surface area contributed by atoms with Gasteiger partial charge in [0, 0.05) is 0 Å². The summed E-state index contributed by atoms with van der Waals surface area (Å²) in [4.78, 5) is 0. The second-order valence-corrected chi connectivity index (χ2v) is 7.04. The van der Waals surface area contributed by atoms with E-state index in [0.29, 0.717) is 5.41 Å². The van der Waals surface area contributed by atoms with Crippen molar-refractivity contribution in [1.29, 1.82) is 0 Å². The Labute approximate surface area is 107 Å². The number of hydrogen-bond acceptors (Lipinski definition) is 1. The van der Waals surface area contributed by atoms with E-state index in [2.05, 4.69) is 26.8 Å². The van der Waals surface area contributed by atoms with Crippen molar-refractivity contribution in [3.05, 3.63) is 11.6 Å². The zero-order valence-corrected chi connectivity index (χ0v) is 11.8. The number of rotatable bonds is 2. The summed E-state index contributed by atoms with van der Waals surface area (Å²) in [5.74, 6) is 0. The minimum Gasteiger partial charge on any atom is -0.372 e. The molecule has 0 radical (unpaired) electrons. The molecule has 0 aromatic heterocycles. The van der Waals surface area contributed by atoms with Gasteiger partial charge in [-0.2, -0.15) is 0 Å². The summed E-state index contributed by atoms with van der Waals surface area (Å²) in [6, 6.07) is 0. The number of ether oxygens (including phenoxy) is 1. The van der Waals surface area contributed by atoms with Gasteiger partial charge in [0.15, 0.2) is 0 Å². The molecule has 0 aliphatic heterocycles. The van der Waals surface area contributed by atoms with Gasteiger partial charge < -0.3 is 4.74 Å². The fourth-order valence-electron chi connectivity index (χ4n) is 3.37. The molecule has 1 heteroatoms. The molecule has 1 saturated carbocycles. The molecular weight excluding hydrogens is 208 g/mol. The third kappa shape index (κ3) is 3.84.